The minimum atomic E-state index is -0.0815. The highest BCUT2D eigenvalue weighted by molar-refractivity contribution is 5.72. The Bertz CT molecular complexity index is 182. The lowest BCUT2D eigenvalue weighted by Crippen LogP contribution is -2.37. The summed E-state index contributed by atoms with van der Waals surface area (Å²) in [5.41, 5.74) is 5.83. The maximum atomic E-state index is 11.4. The second-order valence-electron chi connectivity index (χ2n) is 3.87. The molecule has 2 N–H and O–H groups in total. The van der Waals surface area contributed by atoms with Gasteiger partial charge in [0.15, 0.2) is 0 Å². The van der Waals surface area contributed by atoms with Crippen molar-refractivity contribution in [2.75, 3.05) is 7.11 Å². The molecule has 1 rings (SSSR count). The van der Waals surface area contributed by atoms with E-state index >= 15 is 0 Å². The summed E-state index contributed by atoms with van der Waals surface area (Å²) in [6, 6.07) is 0.187. The highest BCUT2D eigenvalue weighted by atomic mass is 16.5. The molecule has 0 aromatic carbocycles. The molecule has 1 aliphatic rings. The van der Waals surface area contributed by atoms with Crippen molar-refractivity contribution in [1.29, 1.82) is 0 Å². The minimum Gasteiger partial charge on any atom is -0.469 e. The fourth-order valence-corrected chi connectivity index (χ4v) is 2.19. The van der Waals surface area contributed by atoms with Crippen LogP contribution in [0.15, 0.2) is 0 Å². The number of nitrogens with two attached hydrogens (primary N) is 1. The average Bonchev–Trinajstić information content (AvgIpc) is 2.16. The summed E-state index contributed by atoms with van der Waals surface area (Å²) >= 11 is 0. The molecule has 3 atom stereocenters. The van der Waals surface area contributed by atoms with E-state index in [1.54, 1.807) is 0 Å². The summed E-state index contributed by atoms with van der Waals surface area (Å²) in [6.07, 6.45) is 3.96. The van der Waals surface area contributed by atoms with Gasteiger partial charge < -0.3 is 10.5 Å². The van der Waals surface area contributed by atoms with Gasteiger partial charge in [-0.3, -0.25) is 4.79 Å². The maximum Gasteiger partial charge on any atom is 0.308 e. The van der Waals surface area contributed by atoms with Crippen molar-refractivity contribution in [1.82, 2.24) is 0 Å². The fraction of sp³-hybridized carbons (Fsp3) is 0.900. The van der Waals surface area contributed by atoms with Gasteiger partial charge in [0.25, 0.3) is 0 Å². The highest BCUT2D eigenvalue weighted by Crippen LogP contribution is 2.32. The largest absolute Gasteiger partial charge is 0.469 e. The van der Waals surface area contributed by atoms with Crippen LogP contribution in [0.3, 0.4) is 0 Å². The lowest BCUT2D eigenvalue weighted by molar-refractivity contribution is -0.149. The molecule has 76 valence electrons. The molecule has 0 amide bonds. The summed E-state index contributed by atoms with van der Waals surface area (Å²) in [7, 11) is 1.45. The standard InChI is InChI=1S/C10H19NO2/c1-3-7-4-5-8(11)6-9(7)10(12)13-2/h7-9H,3-6,11H2,1-2H3. The third kappa shape index (κ3) is 2.44. The van der Waals surface area contributed by atoms with Crippen LogP contribution in [0.5, 0.6) is 0 Å². The van der Waals surface area contributed by atoms with E-state index in [1.807, 2.05) is 0 Å². The molecular weight excluding hydrogens is 166 g/mol. The van der Waals surface area contributed by atoms with Crippen LogP contribution in [0.1, 0.15) is 32.6 Å². The van der Waals surface area contributed by atoms with Crippen LogP contribution in [-0.4, -0.2) is 19.1 Å². The molecule has 0 spiro atoms. The zero-order valence-electron chi connectivity index (χ0n) is 8.45. The van der Waals surface area contributed by atoms with Gasteiger partial charge in [-0.15, -0.1) is 0 Å². The molecule has 3 heteroatoms. The molecule has 1 aliphatic carbocycles. The molecule has 0 radical (unpaired) electrons. The minimum absolute atomic E-state index is 0.0405. The normalized spacial score (nSPS) is 34.2. The Hall–Kier alpha value is -0.570. The number of carbonyl (C=O) groups excluding carboxylic acids is 1. The smallest absolute Gasteiger partial charge is 0.308 e. The van der Waals surface area contributed by atoms with Gasteiger partial charge in [0.2, 0.25) is 0 Å². The van der Waals surface area contributed by atoms with Gasteiger partial charge in [-0.1, -0.05) is 13.3 Å². The van der Waals surface area contributed by atoms with E-state index in [-0.39, 0.29) is 17.9 Å². The van der Waals surface area contributed by atoms with Crippen molar-refractivity contribution in [3.63, 3.8) is 0 Å². The fourth-order valence-electron chi connectivity index (χ4n) is 2.19. The predicted molar refractivity (Wildman–Crippen MR) is 51.1 cm³/mol. The van der Waals surface area contributed by atoms with Crippen LogP contribution in [0, 0.1) is 11.8 Å². The summed E-state index contributed by atoms with van der Waals surface area (Å²) < 4.78 is 4.78. The first-order valence-electron chi connectivity index (χ1n) is 5.02. The molecule has 3 unspecified atom stereocenters. The molecule has 0 bridgehead atoms. The van der Waals surface area contributed by atoms with Crippen LogP contribution in [-0.2, 0) is 9.53 Å². The number of carbonyl (C=O) groups is 1. The Morgan fingerprint density at radius 1 is 1.54 bits per heavy atom. The Morgan fingerprint density at radius 2 is 2.23 bits per heavy atom. The Labute approximate surface area is 79.6 Å². The Morgan fingerprint density at radius 3 is 2.77 bits per heavy atom. The monoisotopic (exact) mass is 185 g/mol. The number of ether oxygens (including phenoxy) is 1. The summed E-state index contributed by atoms with van der Waals surface area (Å²) in [5, 5.41) is 0. The molecule has 0 aromatic heterocycles. The average molecular weight is 185 g/mol. The molecule has 1 saturated carbocycles. The van der Waals surface area contributed by atoms with Crippen LogP contribution >= 0.6 is 0 Å². The molecule has 1 fully saturated rings. The van der Waals surface area contributed by atoms with Gasteiger partial charge in [-0.05, 0) is 25.2 Å². The van der Waals surface area contributed by atoms with E-state index in [1.165, 1.54) is 7.11 Å². The van der Waals surface area contributed by atoms with Crippen LogP contribution in [0.25, 0.3) is 0 Å². The van der Waals surface area contributed by atoms with E-state index in [4.69, 9.17) is 10.5 Å². The Balaban J connectivity index is 2.59. The van der Waals surface area contributed by atoms with E-state index in [0.717, 1.165) is 25.7 Å². The molecule has 0 aromatic rings. The van der Waals surface area contributed by atoms with Gasteiger partial charge in [0.1, 0.15) is 0 Å². The third-order valence-electron chi connectivity index (χ3n) is 3.06. The summed E-state index contributed by atoms with van der Waals surface area (Å²) in [6.45, 7) is 2.12. The van der Waals surface area contributed by atoms with E-state index in [9.17, 15) is 4.79 Å². The van der Waals surface area contributed by atoms with Gasteiger partial charge in [-0.2, -0.15) is 0 Å². The van der Waals surface area contributed by atoms with Crippen molar-refractivity contribution in [2.24, 2.45) is 17.6 Å². The van der Waals surface area contributed by atoms with Crippen molar-refractivity contribution in [3.05, 3.63) is 0 Å². The lowest BCUT2D eigenvalue weighted by Gasteiger charge is -2.32. The van der Waals surface area contributed by atoms with Gasteiger partial charge in [0.05, 0.1) is 13.0 Å². The molecule has 0 heterocycles. The van der Waals surface area contributed by atoms with Crippen LogP contribution in [0.2, 0.25) is 0 Å². The number of rotatable bonds is 2. The van der Waals surface area contributed by atoms with Gasteiger partial charge >= 0.3 is 5.97 Å². The number of methoxy groups -OCH3 is 1. The topological polar surface area (TPSA) is 52.3 Å². The van der Waals surface area contributed by atoms with E-state index in [0.29, 0.717) is 5.92 Å². The maximum absolute atomic E-state index is 11.4. The van der Waals surface area contributed by atoms with Crippen molar-refractivity contribution >= 4 is 5.97 Å². The van der Waals surface area contributed by atoms with Gasteiger partial charge in [0, 0.05) is 6.04 Å². The van der Waals surface area contributed by atoms with Crippen molar-refractivity contribution in [2.45, 2.75) is 38.6 Å². The first kappa shape index (κ1) is 10.5. The summed E-state index contributed by atoms with van der Waals surface area (Å²) in [5.74, 6) is 0.438. The SMILES string of the molecule is CCC1CCC(N)CC1C(=O)OC. The third-order valence-corrected chi connectivity index (χ3v) is 3.06. The molecular formula is C10H19NO2. The zero-order valence-corrected chi connectivity index (χ0v) is 8.45. The number of hydrogen-bond donors (Lipinski definition) is 1. The summed E-state index contributed by atoms with van der Waals surface area (Å²) in [4.78, 5) is 11.4. The second-order valence-corrected chi connectivity index (χ2v) is 3.87. The van der Waals surface area contributed by atoms with E-state index < -0.39 is 0 Å². The van der Waals surface area contributed by atoms with Crippen molar-refractivity contribution in [3.8, 4) is 0 Å². The Kier molecular flexibility index (Phi) is 3.72. The second kappa shape index (κ2) is 4.61. The first-order valence-corrected chi connectivity index (χ1v) is 5.02. The first-order chi connectivity index (χ1) is 6.19. The van der Waals surface area contributed by atoms with Crippen LogP contribution < -0.4 is 5.73 Å². The molecule has 13 heavy (non-hydrogen) atoms. The lowest BCUT2D eigenvalue weighted by atomic mass is 9.76. The molecule has 0 aliphatic heterocycles. The quantitative estimate of drug-likeness (QED) is 0.660. The highest BCUT2D eigenvalue weighted by Gasteiger charge is 2.33. The number of hydrogen-bond acceptors (Lipinski definition) is 3. The predicted octanol–water partition coefficient (Wildman–Crippen LogP) is 1.31. The van der Waals surface area contributed by atoms with E-state index in [2.05, 4.69) is 6.92 Å². The van der Waals surface area contributed by atoms with Gasteiger partial charge in [-0.25, -0.2) is 0 Å². The zero-order chi connectivity index (χ0) is 9.84. The van der Waals surface area contributed by atoms with Crippen LogP contribution in [0.4, 0.5) is 0 Å². The number of esters is 1. The van der Waals surface area contributed by atoms with Crippen molar-refractivity contribution < 1.29 is 9.53 Å². The molecule has 3 nitrogen and oxygen atoms in total. The molecule has 0 saturated heterocycles.